The Balaban J connectivity index is 0.000000288. The van der Waals surface area contributed by atoms with Gasteiger partial charge in [-0.1, -0.05) is 66.7 Å². The summed E-state index contributed by atoms with van der Waals surface area (Å²) in [7, 11) is -2.35. The quantitative estimate of drug-likeness (QED) is 0.204. The molecule has 0 radical (unpaired) electrons. The van der Waals surface area contributed by atoms with Crippen LogP contribution < -0.4 is 5.69 Å². The van der Waals surface area contributed by atoms with Gasteiger partial charge in [-0.25, -0.2) is 4.79 Å². The molecule has 0 saturated carbocycles. The molecule has 0 fully saturated rings. The van der Waals surface area contributed by atoms with Crippen molar-refractivity contribution in [2.45, 2.75) is 11.9 Å². The summed E-state index contributed by atoms with van der Waals surface area (Å²) < 4.78 is 73.2. The van der Waals surface area contributed by atoms with E-state index in [-0.39, 0.29) is 11.4 Å². The SMILES string of the molecule is Cn1c(=O)n(-c2ccccc2C(F)(F)F)c2c3cc(-c4cnc5ccccc5c4)ccc3ncc21.O=S(=O)(O)Cc1ccccc1. The molecule has 0 aliphatic carbocycles. The third-order valence-corrected chi connectivity index (χ3v) is 8.15. The van der Waals surface area contributed by atoms with E-state index in [0.717, 1.165) is 32.7 Å². The number of hydrogen-bond donors (Lipinski definition) is 1. The largest absolute Gasteiger partial charge is 0.418 e. The van der Waals surface area contributed by atoms with Crippen LogP contribution in [0.2, 0.25) is 0 Å². The topological polar surface area (TPSA) is 107 Å². The molecule has 0 aliphatic heterocycles. The van der Waals surface area contributed by atoms with Gasteiger partial charge in [-0.3, -0.25) is 23.7 Å². The van der Waals surface area contributed by atoms with Crippen LogP contribution in [0, 0.1) is 0 Å². The molecule has 3 aromatic heterocycles. The maximum absolute atomic E-state index is 13.9. The Morgan fingerprint density at radius 3 is 2.20 bits per heavy atom. The van der Waals surface area contributed by atoms with Gasteiger partial charge in [-0.15, -0.1) is 0 Å². The maximum Gasteiger partial charge on any atom is 0.418 e. The van der Waals surface area contributed by atoms with Crippen LogP contribution in [-0.4, -0.2) is 32.1 Å². The molecular formula is C34H25F3N4O4S. The second-order valence-corrected chi connectivity index (χ2v) is 12.0. The predicted molar refractivity (Wildman–Crippen MR) is 171 cm³/mol. The van der Waals surface area contributed by atoms with E-state index in [9.17, 15) is 26.4 Å². The highest BCUT2D eigenvalue weighted by Crippen LogP contribution is 2.36. The van der Waals surface area contributed by atoms with E-state index < -0.39 is 27.5 Å². The molecule has 7 aromatic rings. The number of aryl methyl sites for hydroxylation is 1. The van der Waals surface area contributed by atoms with E-state index in [1.54, 1.807) is 42.6 Å². The standard InChI is InChI=1S/C27H17F3N4O.C7H8O3S/c1-33-24-15-32-22-11-10-16(18-12-17-6-2-4-8-21(17)31-14-18)13-19(22)25(24)34(26(33)35)23-9-5-3-7-20(23)27(28,29)30;8-11(9,10)6-7-4-2-1-3-5-7/h2-15H,1H3;1-5H,6H2,(H,8,9,10). The van der Waals surface area contributed by atoms with Crippen LogP contribution in [0.3, 0.4) is 0 Å². The minimum absolute atomic E-state index is 0.221. The van der Waals surface area contributed by atoms with Crippen LogP contribution in [0.1, 0.15) is 11.1 Å². The highest BCUT2D eigenvalue weighted by Gasteiger charge is 2.35. The molecule has 0 atom stereocenters. The molecular weight excluding hydrogens is 617 g/mol. The number of fused-ring (bicyclic) bond motifs is 4. The third-order valence-electron chi connectivity index (χ3n) is 7.45. The van der Waals surface area contributed by atoms with Crippen LogP contribution in [0.5, 0.6) is 0 Å². The van der Waals surface area contributed by atoms with Crippen LogP contribution in [0.15, 0.2) is 120 Å². The first kappa shape index (κ1) is 30.7. The van der Waals surface area contributed by atoms with Gasteiger partial charge in [-0.2, -0.15) is 21.6 Å². The lowest BCUT2D eigenvalue weighted by Gasteiger charge is -2.14. The second-order valence-electron chi connectivity index (χ2n) is 10.5. The molecule has 0 amide bonds. The summed E-state index contributed by atoms with van der Waals surface area (Å²) in [4.78, 5) is 22.2. The Morgan fingerprint density at radius 1 is 0.783 bits per heavy atom. The zero-order valence-electron chi connectivity index (χ0n) is 24.2. The number of rotatable bonds is 4. The fraction of sp³-hybridized carbons (Fsp3) is 0.0882. The van der Waals surface area contributed by atoms with Gasteiger partial charge in [0.2, 0.25) is 0 Å². The highest BCUT2D eigenvalue weighted by molar-refractivity contribution is 7.85. The number of imidazole rings is 1. The summed E-state index contributed by atoms with van der Waals surface area (Å²) in [5.41, 5.74) is 2.82. The monoisotopic (exact) mass is 642 g/mol. The molecule has 232 valence electrons. The van der Waals surface area contributed by atoms with Crippen molar-refractivity contribution in [3.05, 3.63) is 137 Å². The van der Waals surface area contributed by atoms with E-state index in [0.29, 0.717) is 27.5 Å². The van der Waals surface area contributed by atoms with Crippen LogP contribution in [0.4, 0.5) is 13.2 Å². The second kappa shape index (κ2) is 11.9. The van der Waals surface area contributed by atoms with Gasteiger partial charge in [0, 0.05) is 29.6 Å². The number of para-hydroxylation sites is 2. The van der Waals surface area contributed by atoms with Gasteiger partial charge in [0.25, 0.3) is 10.1 Å². The van der Waals surface area contributed by atoms with Crippen LogP contribution in [0.25, 0.3) is 49.7 Å². The van der Waals surface area contributed by atoms with Crippen molar-refractivity contribution in [3.8, 4) is 16.8 Å². The van der Waals surface area contributed by atoms with Gasteiger partial charge < -0.3 is 0 Å². The Morgan fingerprint density at radius 2 is 1.46 bits per heavy atom. The molecule has 4 aromatic carbocycles. The molecule has 7 rings (SSSR count). The zero-order valence-corrected chi connectivity index (χ0v) is 25.0. The minimum Gasteiger partial charge on any atom is -0.293 e. The molecule has 1 N–H and O–H groups in total. The zero-order chi connectivity index (χ0) is 32.6. The van der Waals surface area contributed by atoms with Crippen molar-refractivity contribution < 1.29 is 26.1 Å². The number of nitrogens with zero attached hydrogens (tertiary/aromatic N) is 4. The van der Waals surface area contributed by atoms with E-state index in [1.165, 1.54) is 36.0 Å². The summed E-state index contributed by atoms with van der Waals surface area (Å²) in [5, 5.41) is 1.54. The Kier molecular flexibility index (Phi) is 7.92. The highest BCUT2D eigenvalue weighted by atomic mass is 32.2. The summed E-state index contributed by atoms with van der Waals surface area (Å²) in [5.74, 6) is -0.312. The average molecular weight is 643 g/mol. The van der Waals surface area contributed by atoms with Gasteiger partial charge in [0.15, 0.2) is 0 Å². The number of benzene rings is 4. The Labute approximate surface area is 260 Å². The first-order valence-corrected chi connectivity index (χ1v) is 15.5. The lowest BCUT2D eigenvalue weighted by atomic mass is 10.0. The van der Waals surface area contributed by atoms with Gasteiger partial charge in [-0.05, 0) is 47.5 Å². The molecule has 0 bridgehead atoms. The van der Waals surface area contributed by atoms with Gasteiger partial charge >= 0.3 is 11.9 Å². The molecule has 8 nitrogen and oxygen atoms in total. The average Bonchev–Trinajstić information content (AvgIpc) is 3.29. The lowest BCUT2D eigenvalue weighted by Crippen LogP contribution is -2.23. The number of halogens is 3. The maximum atomic E-state index is 13.9. The van der Waals surface area contributed by atoms with E-state index in [1.807, 2.05) is 42.5 Å². The van der Waals surface area contributed by atoms with Gasteiger partial charge in [0.1, 0.15) is 5.75 Å². The number of hydrogen-bond acceptors (Lipinski definition) is 5. The van der Waals surface area contributed by atoms with E-state index >= 15 is 0 Å². The first-order chi connectivity index (χ1) is 21.9. The molecule has 3 heterocycles. The minimum atomic E-state index is -4.62. The molecule has 0 unspecified atom stereocenters. The molecule has 46 heavy (non-hydrogen) atoms. The van der Waals surface area contributed by atoms with Crippen LogP contribution in [-0.2, 0) is 29.1 Å². The van der Waals surface area contributed by atoms with Gasteiger partial charge in [0.05, 0.1) is 39.5 Å². The lowest BCUT2D eigenvalue weighted by molar-refractivity contribution is -0.137. The fourth-order valence-electron chi connectivity index (χ4n) is 5.32. The summed E-state index contributed by atoms with van der Waals surface area (Å²) in [6, 6.07) is 28.9. The van der Waals surface area contributed by atoms with E-state index in [4.69, 9.17) is 4.55 Å². The number of alkyl halides is 3. The van der Waals surface area contributed by atoms with Crippen molar-refractivity contribution in [1.82, 2.24) is 19.1 Å². The summed E-state index contributed by atoms with van der Waals surface area (Å²) in [6.07, 6.45) is -1.35. The third kappa shape index (κ3) is 6.12. The Hall–Kier alpha value is -5.33. The van der Waals surface area contributed by atoms with Crippen LogP contribution >= 0.6 is 0 Å². The van der Waals surface area contributed by atoms with Crippen molar-refractivity contribution in [2.24, 2.45) is 7.05 Å². The summed E-state index contributed by atoms with van der Waals surface area (Å²) >= 11 is 0. The number of aromatic nitrogens is 4. The molecule has 12 heteroatoms. The molecule has 0 aliphatic rings. The molecule has 0 saturated heterocycles. The van der Waals surface area contributed by atoms with E-state index in [2.05, 4.69) is 9.97 Å². The number of pyridine rings is 2. The van der Waals surface area contributed by atoms with Crippen molar-refractivity contribution >= 4 is 43.0 Å². The Bertz CT molecular complexity index is 2400. The summed E-state index contributed by atoms with van der Waals surface area (Å²) in [6.45, 7) is 0. The smallest absolute Gasteiger partial charge is 0.293 e. The molecule has 0 spiro atoms. The fourth-order valence-corrected chi connectivity index (χ4v) is 5.94. The van der Waals surface area contributed by atoms with Crippen molar-refractivity contribution in [3.63, 3.8) is 0 Å². The first-order valence-electron chi connectivity index (χ1n) is 13.9. The van der Waals surface area contributed by atoms with Crippen molar-refractivity contribution in [2.75, 3.05) is 0 Å². The van der Waals surface area contributed by atoms with Crippen molar-refractivity contribution in [1.29, 1.82) is 0 Å². The predicted octanol–water partition coefficient (Wildman–Crippen LogP) is 7.19. The normalized spacial score (nSPS) is 11.9.